The van der Waals surface area contributed by atoms with Gasteiger partial charge in [-0.3, -0.25) is 4.79 Å². The van der Waals surface area contributed by atoms with Gasteiger partial charge in [-0.25, -0.2) is 4.79 Å². The van der Waals surface area contributed by atoms with Crippen LogP contribution in [-0.4, -0.2) is 30.8 Å². The molecular weight excluding hydrogens is 260 g/mol. The van der Waals surface area contributed by atoms with Gasteiger partial charge in [-0.2, -0.15) is 0 Å². The Balaban J connectivity index is 2.62. The highest BCUT2D eigenvalue weighted by Gasteiger charge is 2.29. The fourth-order valence-corrected chi connectivity index (χ4v) is 1.44. The zero-order valence-corrected chi connectivity index (χ0v) is 11.8. The van der Waals surface area contributed by atoms with Gasteiger partial charge in [-0.1, -0.05) is 12.1 Å². The molecule has 0 spiro atoms. The molecule has 0 radical (unpaired) electrons. The number of carboxylic acid groups (broad SMARTS) is 1. The topological polar surface area (TPSA) is 72.8 Å². The minimum atomic E-state index is -0.995. The summed E-state index contributed by atoms with van der Waals surface area (Å²) in [6, 6.07) is 6.91. The highest BCUT2D eigenvalue weighted by atomic mass is 16.5. The van der Waals surface area contributed by atoms with Crippen molar-refractivity contribution in [2.24, 2.45) is 5.41 Å². The van der Waals surface area contributed by atoms with Crippen LogP contribution in [0.15, 0.2) is 30.3 Å². The van der Waals surface area contributed by atoms with E-state index in [2.05, 4.69) is 0 Å². The Morgan fingerprint density at radius 3 is 2.35 bits per heavy atom. The third-order valence-electron chi connectivity index (χ3n) is 2.64. The molecule has 108 valence electrons. The molecule has 0 saturated carbocycles. The second-order valence-electron chi connectivity index (χ2n) is 4.90. The quantitative estimate of drug-likeness (QED) is 0.638. The number of rotatable bonds is 6. The molecule has 0 aliphatic heterocycles. The van der Waals surface area contributed by atoms with Crippen molar-refractivity contribution < 1.29 is 24.2 Å². The molecule has 0 bridgehead atoms. The number of methoxy groups -OCH3 is 1. The largest absolute Gasteiger partial charge is 0.492 e. The Bertz CT molecular complexity index is 500. The fourth-order valence-electron chi connectivity index (χ4n) is 1.44. The van der Waals surface area contributed by atoms with Gasteiger partial charge in [0.1, 0.15) is 12.4 Å². The van der Waals surface area contributed by atoms with E-state index in [-0.39, 0.29) is 12.6 Å². The fraction of sp³-hybridized carbons (Fsp3) is 0.333. The molecule has 20 heavy (non-hydrogen) atoms. The standard InChI is InChI=1S/C15H18O5/c1-15(2,14(18)19-3)10-20-12-7-4-11(5-8-12)6-9-13(16)17/h4-9H,10H2,1-3H3,(H,16,17). The summed E-state index contributed by atoms with van der Waals surface area (Å²) in [6.45, 7) is 3.68. The van der Waals surface area contributed by atoms with E-state index in [1.807, 2.05) is 0 Å². The highest BCUT2D eigenvalue weighted by Crippen LogP contribution is 2.20. The summed E-state index contributed by atoms with van der Waals surface area (Å²) in [6.07, 6.45) is 2.56. The van der Waals surface area contributed by atoms with Crippen molar-refractivity contribution in [3.05, 3.63) is 35.9 Å². The second kappa shape index (κ2) is 6.75. The van der Waals surface area contributed by atoms with Crippen LogP contribution in [0.1, 0.15) is 19.4 Å². The summed E-state index contributed by atoms with van der Waals surface area (Å²) in [5.41, 5.74) is 0.0309. The zero-order chi connectivity index (χ0) is 15.2. The van der Waals surface area contributed by atoms with Crippen LogP contribution < -0.4 is 4.74 Å². The van der Waals surface area contributed by atoms with Crippen LogP contribution in [0.2, 0.25) is 0 Å². The molecule has 0 amide bonds. The van der Waals surface area contributed by atoms with E-state index in [0.29, 0.717) is 5.75 Å². The predicted molar refractivity (Wildman–Crippen MR) is 74.4 cm³/mol. The molecule has 0 atom stereocenters. The van der Waals surface area contributed by atoms with Gasteiger partial charge in [0, 0.05) is 6.08 Å². The van der Waals surface area contributed by atoms with Crippen molar-refractivity contribution in [3.63, 3.8) is 0 Å². The van der Waals surface area contributed by atoms with Crippen LogP contribution in [0.25, 0.3) is 6.08 Å². The third kappa shape index (κ3) is 4.76. The molecular formula is C15H18O5. The number of esters is 1. The van der Waals surface area contributed by atoms with Crippen molar-refractivity contribution in [1.29, 1.82) is 0 Å². The van der Waals surface area contributed by atoms with Gasteiger partial charge in [0.25, 0.3) is 0 Å². The van der Waals surface area contributed by atoms with Crippen molar-refractivity contribution >= 4 is 18.0 Å². The van der Waals surface area contributed by atoms with Gasteiger partial charge in [-0.05, 0) is 37.6 Å². The number of benzene rings is 1. The molecule has 0 unspecified atom stereocenters. The number of carbonyl (C=O) groups is 2. The molecule has 1 rings (SSSR count). The van der Waals surface area contributed by atoms with Gasteiger partial charge >= 0.3 is 11.9 Å². The Kier molecular flexibility index (Phi) is 5.32. The zero-order valence-electron chi connectivity index (χ0n) is 11.8. The molecule has 0 aromatic heterocycles. The van der Waals surface area contributed by atoms with E-state index < -0.39 is 11.4 Å². The summed E-state index contributed by atoms with van der Waals surface area (Å²) in [4.78, 5) is 21.9. The Hall–Kier alpha value is -2.30. The highest BCUT2D eigenvalue weighted by molar-refractivity contribution is 5.85. The van der Waals surface area contributed by atoms with Gasteiger partial charge < -0.3 is 14.6 Å². The molecule has 0 fully saturated rings. The first-order valence-corrected chi connectivity index (χ1v) is 6.07. The molecule has 5 nitrogen and oxygen atoms in total. The van der Waals surface area contributed by atoms with Gasteiger partial charge in [-0.15, -0.1) is 0 Å². The van der Waals surface area contributed by atoms with Crippen LogP contribution in [-0.2, 0) is 14.3 Å². The first-order chi connectivity index (χ1) is 9.35. The van der Waals surface area contributed by atoms with Crippen molar-refractivity contribution in [2.75, 3.05) is 13.7 Å². The SMILES string of the molecule is COC(=O)C(C)(C)COc1ccc(C=CC(=O)O)cc1. The van der Waals surface area contributed by atoms with E-state index in [9.17, 15) is 9.59 Å². The smallest absolute Gasteiger partial charge is 0.328 e. The lowest BCUT2D eigenvalue weighted by atomic mass is 9.95. The summed E-state index contributed by atoms with van der Waals surface area (Å²) < 4.78 is 10.2. The number of hydrogen-bond donors (Lipinski definition) is 1. The van der Waals surface area contributed by atoms with Crippen LogP contribution >= 0.6 is 0 Å². The van der Waals surface area contributed by atoms with Crippen molar-refractivity contribution in [3.8, 4) is 5.75 Å². The van der Waals surface area contributed by atoms with Gasteiger partial charge in [0.05, 0.1) is 12.5 Å². The molecule has 1 aromatic carbocycles. The molecule has 0 saturated heterocycles. The minimum absolute atomic E-state index is 0.198. The summed E-state index contributed by atoms with van der Waals surface area (Å²) in [5.74, 6) is -0.724. The van der Waals surface area contributed by atoms with Gasteiger partial charge in [0.2, 0.25) is 0 Å². The van der Waals surface area contributed by atoms with E-state index >= 15 is 0 Å². The van der Waals surface area contributed by atoms with Crippen molar-refractivity contribution in [2.45, 2.75) is 13.8 Å². The summed E-state index contributed by atoms with van der Waals surface area (Å²) in [5, 5.41) is 8.52. The van der Waals surface area contributed by atoms with Crippen molar-refractivity contribution in [1.82, 2.24) is 0 Å². The number of hydrogen-bond acceptors (Lipinski definition) is 4. The second-order valence-corrected chi connectivity index (χ2v) is 4.90. The summed E-state index contributed by atoms with van der Waals surface area (Å²) >= 11 is 0. The monoisotopic (exact) mass is 278 g/mol. The lowest BCUT2D eigenvalue weighted by Crippen LogP contribution is -2.32. The van der Waals surface area contributed by atoms with E-state index in [4.69, 9.17) is 14.6 Å². The number of aliphatic carboxylic acids is 1. The maximum atomic E-state index is 11.5. The van der Waals surface area contributed by atoms with Crippen LogP contribution in [0.4, 0.5) is 0 Å². The molecule has 1 N–H and O–H groups in total. The average molecular weight is 278 g/mol. The van der Waals surface area contributed by atoms with Crippen LogP contribution in [0.5, 0.6) is 5.75 Å². The molecule has 0 aliphatic rings. The number of carbonyl (C=O) groups excluding carboxylic acids is 1. The minimum Gasteiger partial charge on any atom is -0.492 e. The Morgan fingerprint density at radius 1 is 1.25 bits per heavy atom. The Labute approximate surface area is 117 Å². The predicted octanol–water partition coefficient (Wildman–Crippen LogP) is 2.36. The van der Waals surface area contributed by atoms with E-state index in [1.54, 1.807) is 38.1 Å². The maximum Gasteiger partial charge on any atom is 0.328 e. The average Bonchev–Trinajstić information content (AvgIpc) is 2.43. The van der Waals surface area contributed by atoms with Crippen LogP contribution in [0, 0.1) is 5.41 Å². The molecule has 5 heteroatoms. The molecule has 1 aromatic rings. The third-order valence-corrected chi connectivity index (χ3v) is 2.64. The maximum absolute atomic E-state index is 11.5. The van der Waals surface area contributed by atoms with Gasteiger partial charge in [0.15, 0.2) is 0 Å². The normalized spacial score (nSPS) is 11.3. The first kappa shape index (κ1) is 15.8. The van der Waals surface area contributed by atoms with E-state index in [1.165, 1.54) is 13.2 Å². The van der Waals surface area contributed by atoms with E-state index in [0.717, 1.165) is 11.6 Å². The molecule has 0 aliphatic carbocycles. The van der Waals surface area contributed by atoms with Crippen LogP contribution in [0.3, 0.4) is 0 Å². The Morgan fingerprint density at radius 2 is 1.85 bits per heavy atom. The number of ether oxygens (including phenoxy) is 2. The lowest BCUT2D eigenvalue weighted by molar-refractivity contribution is -0.152. The molecule has 0 heterocycles. The summed E-state index contributed by atoms with van der Waals surface area (Å²) in [7, 11) is 1.34. The number of carboxylic acids is 1. The first-order valence-electron chi connectivity index (χ1n) is 6.07. The lowest BCUT2D eigenvalue weighted by Gasteiger charge is -2.21.